The molecule has 140 valence electrons. The van der Waals surface area contributed by atoms with Gasteiger partial charge in [0.25, 0.3) is 5.91 Å². The van der Waals surface area contributed by atoms with Gasteiger partial charge in [0, 0.05) is 31.6 Å². The Labute approximate surface area is 149 Å². The van der Waals surface area contributed by atoms with Gasteiger partial charge in [-0.3, -0.25) is 9.69 Å². The molecule has 1 aliphatic carbocycles. The van der Waals surface area contributed by atoms with Crippen LogP contribution in [-0.4, -0.2) is 56.4 Å². The van der Waals surface area contributed by atoms with Gasteiger partial charge in [-0.2, -0.15) is 0 Å². The van der Waals surface area contributed by atoms with E-state index in [0.717, 1.165) is 38.4 Å². The van der Waals surface area contributed by atoms with E-state index in [0.29, 0.717) is 23.8 Å². The number of carbonyl (C=O) groups excluding carboxylic acids is 1. The maximum atomic E-state index is 12.8. The fraction of sp³-hybridized carbons (Fsp3) is 0.737. The van der Waals surface area contributed by atoms with Crippen molar-refractivity contribution >= 4 is 5.91 Å². The first kappa shape index (κ1) is 18.4. The minimum Gasteiger partial charge on any atom is -0.464 e. The molecule has 2 aliphatic rings. The van der Waals surface area contributed by atoms with Gasteiger partial charge in [-0.1, -0.05) is 13.8 Å². The third-order valence-corrected chi connectivity index (χ3v) is 5.67. The van der Waals surface area contributed by atoms with E-state index in [2.05, 4.69) is 24.1 Å². The average molecular weight is 350 g/mol. The number of ether oxygens (including phenoxy) is 2. The molecule has 1 N–H and O–H groups in total. The molecule has 1 amide bonds. The van der Waals surface area contributed by atoms with Crippen LogP contribution in [0.1, 0.15) is 42.1 Å². The second kappa shape index (κ2) is 7.89. The summed E-state index contributed by atoms with van der Waals surface area (Å²) in [7, 11) is 1.70. The van der Waals surface area contributed by atoms with Gasteiger partial charge in [-0.15, -0.1) is 0 Å². The number of aryl methyl sites for hydroxylation is 1. The Morgan fingerprint density at radius 3 is 2.84 bits per heavy atom. The summed E-state index contributed by atoms with van der Waals surface area (Å²) in [5.74, 6) is 2.12. The molecule has 2 heterocycles. The summed E-state index contributed by atoms with van der Waals surface area (Å²) in [6.07, 6.45) is 1.24. The molecule has 1 aromatic heterocycles. The molecular formula is C19H30N2O4. The van der Waals surface area contributed by atoms with Crippen molar-refractivity contribution in [3.63, 3.8) is 0 Å². The molecular weight excluding hydrogens is 320 g/mol. The normalized spacial score (nSPS) is 28.0. The smallest absolute Gasteiger partial charge is 0.255 e. The highest BCUT2D eigenvalue weighted by Gasteiger charge is 2.54. The molecule has 3 rings (SSSR count). The van der Waals surface area contributed by atoms with Gasteiger partial charge in [0.05, 0.1) is 24.8 Å². The summed E-state index contributed by atoms with van der Waals surface area (Å²) in [5.41, 5.74) is 0.640. The summed E-state index contributed by atoms with van der Waals surface area (Å²) < 4.78 is 16.9. The first-order valence-corrected chi connectivity index (χ1v) is 9.32. The van der Waals surface area contributed by atoms with Crippen molar-refractivity contribution < 1.29 is 18.7 Å². The van der Waals surface area contributed by atoms with Crippen molar-refractivity contribution in [1.82, 2.24) is 10.2 Å². The van der Waals surface area contributed by atoms with Crippen LogP contribution in [0.5, 0.6) is 0 Å². The number of hydrogen-bond acceptors (Lipinski definition) is 5. The maximum Gasteiger partial charge on any atom is 0.255 e. The van der Waals surface area contributed by atoms with Gasteiger partial charge in [0.15, 0.2) is 0 Å². The molecule has 0 unspecified atom stereocenters. The number of methoxy groups -OCH3 is 1. The molecule has 4 atom stereocenters. The summed E-state index contributed by atoms with van der Waals surface area (Å²) in [4.78, 5) is 15.0. The first-order chi connectivity index (χ1) is 12.1. The number of fused-ring (bicyclic) bond motifs is 1. The lowest BCUT2D eigenvalue weighted by atomic mass is 9.67. The molecule has 1 saturated heterocycles. The molecule has 0 radical (unpaired) electrons. The van der Waals surface area contributed by atoms with Crippen LogP contribution in [0, 0.1) is 18.8 Å². The second-order valence-corrected chi connectivity index (χ2v) is 7.05. The molecule has 6 nitrogen and oxygen atoms in total. The first-order valence-electron chi connectivity index (χ1n) is 9.32. The van der Waals surface area contributed by atoms with Gasteiger partial charge < -0.3 is 19.2 Å². The SMILES string of the molecule is CCN(CC)Cc1cc(C(=O)N[C@H]2[C@@H]3CCO[C@@H]3[C@H]2COC)c(C)o1. The van der Waals surface area contributed by atoms with Crippen molar-refractivity contribution in [3.05, 3.63) is 23.2 Å². The lowest BCUT2D eigenvalue weighted by Gasteiger charge is -2.47. The van der Waals surface area contributed by atoms with Crippen LogP contribution in [0.25, 0.3) is 0 Å². The summed E-state index contributed by atoms with van der Waals surface area (Å²) >= 11 is 0. The number of rotatable bonds is 8. The number of amides is 1. The van der Waals surface area contributed by atoms with Crippen molar-refractivity contribution in [1.29, 1.82) is 0 Å². The predicted octanol–water partition coefficient (Wildman–Crippen LogP) is 2.21. The number of hydrogen-bond donors (Lipinski definition) is 1. The Hall–Kier alpha value is -1.37. The lowest BCUT2D eigenvalue weighted by Crippen LogP contribution is -2.62. The summed E-state index contributed by atoms with van der Waals surface area (Å²) in [6, 6.07) is 2.01. The number of carbonyl (C=O) groups is 1. The van der Waals surface area contributed by atoms with Crippen molar-refractivity contribution in [2.75, 3.05) is 33.4 Å². The molecule has 6 heteroatoms. The van der Waals surface area contributed by atoms with Crippen LogP contribution >= 0.6 is 0 Å². The minimum atomic E-state index is -0.0523. The Kier molecular flexibility index (Phi) is 5.81. The van der Waals surface area contributed by atoms with Gasteiger partial charge in [0.2, 0.25) is 0 Å². The zero-order valence-electron chi connectivity index (χ0n) is 15.7. The van der Waals surface area contributed by atoms with Crippen LogP contribution in [-0.2, 0) is 16.0 Å². The van der Waals surface area contributed by atoms with Crippen LogP contribution < -0.4 is 5.32 Å². The third-order valence-electron chi connectivity index (χ3n) is 5.67. The Bertz CT molecular complexity index is 596. The van der Waals surface area contributed by atoms with E-state index in [9.17, 15) is 4.79 Å². The zero-order chi connectivity index (χ0) is 18.0. The maximum absolute atomic E-state index is 12.8. The number of furan rings is 1. The fourth-order valence-electron chi connectivity index (χ4n) is 4.18. The number of nitrogens with one attached hydrogen (secondary N) is 1. The van der Waals surface area contributed by atoms with E-state index in [-0.39, 0.29) is 24.0 Å². The van der Waals surface area contributed by atoms with Crippen LogP contribution in [0.15, 0.2) is 10.5 Å². The van der Waals surface area contributed by atoms with Crippen molar-refractivity contribution in [3.8, 4) is 0 Å². The largest absolute Gasteiger partial charge is 0.464 e. The predicted molar refractivity (Wildman–Crippen MR) is 94.5 cm³/mol. The lowest BCUT2D eigenvalue weighted by molar-refractivity contribution is -0.0809. The molecule has 0 aromatic carbocycles. The Morgan fingerprint density at radius 1 is 1.40 bits per heavy atom. The molecule has 1 aromatic rings. The van der Waals surface area contributed by atoms with E-state index in [1.165, 1.54) is 0 Å². The van der Waals surface area contributed by atoms with Crippen molar-refractivity contribution in [2.45, 2.75) is 45.9 Å². The van der Waals surface area contributed by atoms with E-state index in [1.807, 2.05) is 13.0 Å². The van der Waals surface area contributed by atoms with E-state index in [4.69, 9.17) is 13.9 Å². The van der Waals surface area contributed by atoms with Crippen LogP contribution in [0.3, 0.4) is 0 Å². The van der Waals surface area contributed by atoms with Crippen LogP contribution in [0.2, 0.25) is 0 Å². The van der Waals surface area contributed by atoms with Gasteiger partial charge >= 0.3 is 0 Å². The Balaban J connectivity index is 1.66. The summed E-state index contributed by atoms with van der Waals surface area (Å²) in [6.45, 7) is 10.2. The Morgan fingerprint density at radius 2 is 2.16 bits per heavy atom. The van der Waals surface area contributed by atoms with Gasteiger partial charge in [-0.25, -0.2) is 0 Å². The van der Waals surface area contributed by atoms with E-state index < -0.39 is 0 Å². The second-order valence-electron chi connectivity index (χ2n) is 7.05. The highest BCUT2D eigenvalue weighted by molar-refractivity contribution is 5.95. The quantitative estimate of drug-likeness (QED) is 0.779. The standard InChI is InChI=1S/C19H30N2O4/c1-5-21(6-2)10-13-9-15(12(3)25-13)19(22)20-17-14-7-8-24-18(14)16(17)11-23-4/h9,14,16-18H,5-8,10-11H2,1-4H3,(H,20,22)/t14-,16-,17-,18-/m0/s1. The van der Waals surface area contributed by atoms with Gasteiger partial charge in [-0.05, 0) is 32.5 Å². The zero-order valence-corrected chi connectivity index (χ0v) is 15.7. The third kappa shape index (κ3) is 3.61. The molecule has 2 fully saturated rings. The summed E-state index contributed by atoms with van der Waals surface area (Å²) in [5, 5.41) is 3.20. The van der Waals surface area contributed by atoms with Gasteiger partial charge in [0.1, 0.15) is 11.5 Å². The van der Waals surface area contributed by atoms with E-state index >= 15 is 0 Å². The highest BCUT2D eigenvalue weighted by atomic mass is 16.5. The van der Waals surface area contributed by atoms with Crippen molar-refractivity contribution in [2.24, 2.45) is 11.8 Å². The monoisotopic (exact) mass is 350 g/mol. The molecule has 25 heavy (non-hydrogen) atoms. The number of nitrogens with zero attached hydrogens (tertiary/aromatic N) is 1. The molecule has 0 bridgehead atoms. The molecule has 0 spiro atoms. The fourth-order valence-corrected chi connectivity index (χ4v) is 4.18. The average Bonchev–Trinajstić information content (AvgIpc) is 3.19. The molecule has 1 saturated carbocycles. The minimum absolute atomic E-state index is 0.0523. The molecule has 1 aliphatic heterocycles. The van der Waals surface area contributed by atoms with E-state index in [1.54, 1.807) is 7.11 Å². The van der Waals surface area contributed by atoms with Crippen LogP contribution in [0.4, 0.5) is 0 Å². The highest BCUT2D eigenvalue weighted by Crippen LogP contribution is 2.43. The topological polar surface area (TPSA) is 63.9 Å².